The number of hydrogen-bond acceptors (Lipinski definition) is 2. The summed E-state index contributed by atoms with van der Waals surface area (Å²) in [5.41, 5.74) is 3.09. The number of amides is 1. The van der Waals surface area contributed by atoms with Crippen LogP contribution in [0.15, 0.2) is 42.5 Å². The molecule has 3 aromatic rings. The molecule has 4 rings (SSSR count). The Morgan fingerprint density at radius 2 is 1.81 bits per heavy atom. The molecule has 1 aliphatic rings. The summed E-state index contributed by atoms with van der Waals surface area (Å²) in [6, 6.07) is 13.4. The normalized spacial score (nSPS) is 13.7. The molecule has 0 radical (unpaired) electrons. The van der Waals surface area contributed by atoms with Gasteiger partial charge < -0.3 is 9.88 Å². The second-order valence-corrected chi connectivity index (χ2v) is 7.77. The number of Topliss-reactive ketones (excluding diaryl/α,β-unsaturated/α-hetero) is 1. The zero-order valence-electron chi connectivity index (χ0n) is 14.8. The fourth-order valence-corrected chi connectivity index (χ4v) is 3.64. The summed E-state index contributed by atoms with van der Waals surface area (Å²) in [5.74, 6) is -1.18. The summed E-state index contributed by atoms with van der Waals surface area (Å²) in [6.45, 7) is 2.43. The Morgan fingerprint density at radius 1 is 1.11 bits per heavy atom. The first-order chi connectivity index (χ1) is 12.9. The first-order valence-electron chi connectivity index (χ1n) is 8.82. The monoisotopic (exact) mass is 400 g/mol. The molecule has 1 amide bonds. The maximum atomic E-state index is 12.8. The lowest BCUT2D eigenvalue weighted by atomic mass is 10.1. The van der Waals surface area contributed by atoms with Crippen LogP contribution in [0.1, 0.15) is 34.3 Å². The van der Waals surface area contributed by atoms with Crippen molar-refractivity contribution in [3.05, 3.63) is 69.3 Å². The highest BCUT2D eigenvalue weighted by atomic mass is 35.5. The molecule has 0 saturated heterocycles. The summed E-state index contributed by atoms with van der Waals surface area (Å²) in [6.07, 6.45) is 1.84. The molecule has 1 aromatic heterocycles. The van der Waals surface area contributed by atoms with Gasteiger partial charge in [-0.1, -0.05) is 47.0 Å². The number of halogens is 2. The van der Waals surface area contributed by atoms with Crippen molar-refractivity contribution in [3.63, 3.8) is 0 Å². The minimum atomic E-state index is -0.591. The molecular formula is C21H18Cl2N2O2. The van der Waals surface area contributed by atoms with Gasteiger partial charge in [0.1, 0.15) is 5.15 Å². The fraction of sp³-hybridized carbons (Fsp3) is 0.238. The van der Waals surface area contributed by atoms with Crippen LogP contribution in [0.25, 0.3) is 10.9 Å². The maximum Gasteiger partial charge on any atom is 0.292 e. The molecule has 0 aliphatic heterocycles. The highest BCUT2D eigenvalue weighted by molar-refractivity contribution is 6.49. The summed E-state index contributed by atoms with van der Waals surface area (Å²) in [4.78, 5) is 25.2. The number of rotatable bonds is 5. The van der Waals surface area contributed by atoms with Gasteiger partial charge in [0.2, 0.25) is 0 Å². The van der Waals surface area contributed by atoms with Gasteiger partial charge in [-0.2, -0.15) is 0 Å². The second kappa shape index (κ2) is 7.02. The van der Waals surface area contributed by atoms with E-state index in [0.717, 1.165) is 29.5 Å². The first-order valence-corrected chi connectivity index (χ1v) is 9.57. The minimum Gasteiger partial charge on any atom is -0.346 e. The summed E-state index contributed by atoms with van der Waals surface area (Å²) in [7, 11) is 0. The lowest BCUT2D eigenvalue weighted by molar-refractivity contribution is -0.117. The predicted octanol–water partition coefficient (Wildman–Crippen LogP) is 4.77. The molecule has 0 bridgehead atoms. The van der Waals surface area contributed by atoms with E-state index in [1.54, 1.807) is 0 Å². The van der Waals surface area contributed by atoms with Crippen molar-refractivity contribution in [2.24, 2.45) is 0 Å². The number of carbonyl (C=O) groups excluding carboxylic acids is 2. The van der Waals surface area contributed by atoms with Crippen molar-refractivity contribution in [1.82, 2.24) is 9.88 Å². The minimum absolute atomic E-state index is 0.115. The lowest BCUT2D eigenvalue weighted by Gasteiger charge is -2.08. The van der Waals surface area contributed by atoms with Gasteiger partial charge in [-0.3, -0.25) is 9.59 Å². The molecule has 2 aromatic carbocycles. The Hall–Kier alpha value is -2.30. The van der Waals surface area contributed by atoms with Gasteiger partial charge in [-0.15, -0.1) is 0 Å². The molecule has 1 saturated carbocycles. The van der Waals surface area contributed by atoms with Crippen LogP contribution in [0.2, 0.25) is 10.2 Å². The van der Waals surface area contributed by atoms with E-state index in [-0.39, 0.29) is 16.8 Å². The molecule has 138 valence electrons. The molecular weight excluding hydrogens is 383 g/mol. The van der Waals surface area contributed by atoms with Crippen LogP contribution in [0.4, 0.5) is 0 Å². The molecule has 1 fully saturated rings. The van der Waals surface area contributed by atoms with E-state index in [1.165, 1.54) is 0 Å². The van der Waals surface area contributed by atoms with E-state index in [4.69, 9.17) is 23.2 Å². The van der Waals surface area contributed by atoms with Gasteiger partial charge in [0.15, 0.2) is 0 Å². The number of aryl methyl sites for hydroxylation is 1. The molecule has 1 N–H and O–H groups in total. The van der Waals surface area contributed by atoms with Crippen molar-refractivity contribution in [2.75, 3.05) is 0 Å². The van der Waals surface area contributed by atoms with Crippen LogP contribution < -0.4 is 5.32 Å². The third-order valence-corrected chi connectivity index (χ3v) is 5.40. The van der Waals surface area contributed by atoms with E-state index < -0.39 is 11.7 Å². The van der Waals surface area contributed by atoms with Crippen molar-refractivity contribution in [1.29, 1.82) is 0 Å². The van der Waals surface area contributed by atoms with E-state index in [2.05, 4.69) is 5.32 Å². The first kappa shape index (κ1) is 18.1. The number of carbonyl (C=O) groups is 2. The van der Waals surface area contributed by atoms with Crippen molar-refractivity contribution in [3.8, 4) is 0 Å². The van der Waals surface area contributed by atoms with Crippen LogP contribution in [0.3, 0.4) is 0 Å². The summed E-state index contributed by atoms with van der Waals surface area (Å²) in [5, 5.41) is 4.39. The summed E-state index contributed by atoms with van der Waals surface area (Å²) >= 11 is 12.6. The van der Waals surface area contributed by atoms with E-state index in [1.807, 2.05) is 54.0 Å². The third-order valence-electron chi connectivity index (χ3n) is 4.76. The van der Waals surface area contributed by atoms with Gasteiger partial charge in [0.05, 0.1) is 11.1 Å². The molecule has 1 aliphatic carbocycles. The van der Waals surface area contributed by atoms with Crippen LogP contribution >= 0.6 is 23.2 Å². The number of ketones is 1. The van der Waals surface area contributed by atoms with E-state index >= 15 is 0 Å². The van der Waals surface area contributed by atoms with Crippen molar-refractivity contribution >= 4 is 45.8 Å². The average molecular weight is 401 g/mol. The average Bonchev–Trinajstić information content (AvgIpc) is 3.41. The van der Waals surface area contributed by atoms with E-state index in [9.17, 15) is 9.59 Å². The smallest absolute Gasteiger partial charge is 0.292 e. The Morgan fingerprint density at radius 3 is 2.48 bits per heavy atom. The van der Waals surface area contributed by atoms with Crippen molar-refractivity contribution in [2.45, 2.75) is 32.4 Å². The Kier molecular flexibility index (Phi) is 4.70. The molecule has 6 heteroatoms. The Bertz CT molecular complexity index is 1050. The predicted molar refractivity (Wildman–Crippen MR) is 108 cm³/mol. The Balaban J connectivity index is 1.79. The maximum absolute atomic E-state index is 12.8. The van der Waals surface area contributed by atoms with Gasteiger partial charge in [0.25, 0.3) is 11.7 Å². The fourth-order valence-electron chi connectivity index (χ4n) is 3.17. The number of aromatic nitrogens is 1. The van der Waals surface area contributed by atoms with Gasteiger partial charge in [0, 0.05) is 23.0 Å². The lowest BCUT2D eigenvalue weighted by Crippen LogP contribution is -2.32. The SMILES string of the molecule is Cc1ccc2c(c1)c(C(=O)C(=O)NC1CC1)c(Cl)n2Cc1ccc(Cl)cc1. The molecule has 1 heterocycles. The number of benzene rings is 2. The molecule has 27 heavy (non-hydrogen) atoms. The second-order valence-electron chi connectivity index (χ2n) is 6.98. The molecule has 0 spiro atoms. The molecule has 0 unspecified atom stereocenters. The number of nitrogens with zero attached hydrogens (tertiary/aromatic N) is 1. The highest BCUT2D eigenvalue weighted by Crippen LogP contribution is 2.32. The number of nitrogens with one attached hydrogen (secondary N) is 1. The van der Waals surface area contributed by atoms with Gasteiger partial charge in [-0.25, -0.2) is 0 Å². The zero-order valence-corrected chi connectivity index (χ0v) is 16.3. The third kappa shape index (κ3) is 3.60. The topological polar surface area (TPSA) is 51.1 Å². The number of hydrogen-bond donors (Lipinski definition) is 1. The quantitative estimate of drug-likeness (QED) is 0.495. The van der Waals surface area contributed by atoms with Crippen LogP contribution in [-0.4, -0.2) is 22.3 Å². The van der Waals surface area contributed by atoms with Crippen LogP contribution in [0.5, 0.6) is 0 Å². The van der Waals surface area contributed by atoms with Crippen LogP contribution in [-0.2, 0) is 11.3 Å². The van der Waals surface area contributed by atoms with Gasteiger partial charge >= 0.3 is 0 Å². The largest absolute Gasteiger partial charge is 0.346 e. The molecule has 0 atom stereocenters. The number of fused-ring (bicyclic) bond motifs is 1. The van der Waals surface area contributed by atoms with Crippen LogP contribution in [0, 0.1) is 6.92 Å². The summed E-state index contributed by atoms with van der Waals surface area (Å²) < 4.78 is 1.86. The zero-order chi connectivity index (χ0) is 19.1. The molecule has 4 nitrogen and oxygen atoms in total. The Labute approximate surface area is 167 Å². The van der Waals surface area contributed by atoms with Gasteiger partial charge in [-0.05, 0) is 49.6 Å². The standard InChI is InChI=1S/C21H18Cl2N2O2/c1-12-2-9-17-16(10-12)18(19(26)21(27)24-15-7-8-15)20(23)25(17)11-13-3-5-14(22)6-4-13/h2-6,9-10,15H,7-8,11H2,1H3,(H,24,27). The highest BCUT2D eigenvalue weighted by Gasteiger charge is 2.30. The van der Waals surface area contributed by atoms with E-state index in [0.29, 0.717) is 17.0 Å². The van der Waals surface area contributed by atoms with Crippen molar-refractivity contribution < 1.29 is 9.59 Å².